The lowest BCUT2D eigenvalue weighted by molar-refractivity contribution is -0.114. The zero-order valence-corrected chi connectivity index (χ0v) is 14.7. The van der Waals surface area contributed by atoms with Crippen molar-refractivity contribution in [3.05, 3.63) is 71.5 Å². The van der Waals surface area contributed by atoms with Crippen molar-refractivity contribution in [1.29, 1.82) is 0 Å². The monoisotopic (exact) mass is 351 g/mol. The Kier molecular flexibility index (Phi) is 5.69. The first-order valence-electron chi connectivity index (χ1n) is 8.67. The van der Waals surface area contributed by atoms with Crippen molar-refractivity contribution in [2.24, 2.45) is 0 Å². The van der Waals surface area contributed by atoms with Gasteiger partial charge in [0, 0.05) is 11.1 Å². The summed E-state index contributed by atoms with van der Waals surface area (Å²) in [6, 6.07) is 15.4. The lowest BCUT2D eigenvalue weighted by Gasteiger charge is -2.19. The molecule has 0 unspecified atom stereocenters. The third kappa shape index (κ3) is 4.11. The second-order valence-electron chi connectivity index (χ2n) is 5.92. The van der Waals surface area contributed by atoms with Crippen LogP contribution in [-0.2, 0) is 16.0 Å². The maximum atomic E-state index is 12.1. The first-order valence-corrected chi connectivity index (χ1v) is 8.67. The predicted molar refractivity (Wildman–Crippen MR) is 98.8 cm³/mol. The van der Waals surface area contributed by atoms with Gasteiger partial charge < -0.3 is 9.47 Å². The highest BCUT2D eigenvalue weighted by molar-refractivity contribution is 6.30. The van der Waals surface area contributed by atoms with Crippen molar-refractivity contribution in [1.82, 2.24) is 5.32 Å². The number of carbonyl (C=O) groups is 2. The summed E-state index contributed by atoms with van der Waals surface area (Å²) < 4.78 is 11.1. The van der Waals surface area contributed by atoms with E-state index in [0.29, 0.717) is 35.7 Å². The highest BCUT2D eigenvalue weighted by Crippen LogP contribution is 2.28. The molecule has 0 aromatic heterocycles. The largest absolute Gasteiger partial charge is 0.501 e. The normalized spacial score (nSPS) is 14.7. The van der Waals surface area contributed by atoms with Crippen molar-refractivity contribution in [2.45, 2.75) is 19.8 Å². The lowest BCUT2D eigenvalue weighted by Crippen LogP contribution is -2.36. The Balaban J connectivity index is 1.69. The fraction of sp³-hybridized carbons (Fsp3) is 0.238. The molecule has 1 aliphatic heterocycles. The molecule has 3 rings (SSSR count). The molecule has 1 heterocycles. The minimum atomic E-state index is -0.461. The smallest absolute Gasteiger partial charge is 0.261 e. The van der Waals surface area contributed by atoms with E-state index in [1.54, 1.807) is 18.2 Å². The molecule has 2 amide bonds. The summed E-state index contributed by atoms with van der Waals surface area (Å²) in [7, 11) is 0. The van der Waals surface area contributed by atoms with Crippen LogP contribution in [0.5, 0.6) is 5.75 Å². The van der Waals surface area contributed by atoms with Gasteiger partial charge in [-0.3, -0.25) is 14.9 Å². The fourth-order valence-electron chi connectivity index (χ4n) is 2.79. The highest BCUT2D eigenvalue weighted by atomic mass is 16.5. The average molecular weight is 351 g/mol. The third-order valence-electron chi connectivity index (χ3n) is 4.09. The van der Waals surface area contributed by atoms with Crippen LogP contribution in [0.25, 0.3) is 5.57 Å². The van der Waals surface area contributed by atoms with Crippen LogP contribution in [0.15, 0.2) is 54.8 Å². The number of benzene rings is 2. The van der Waals surface area contributed by atoms with Gasteiger partial charge in [-0.2, -0.15) is 0 Å². The molecule has 0 radical (unpaired) electrons. The van der Waals surface area contributed by atoms with E-state index in [9.17, 15) is 9.59 Å². The molecular formula is C21H21NO4. The minimum Gasteiger partial charge on any atom is -0.501 e. The molecule has 0 atom stereocenters. The molecule has 0 bridgehead atoms. The van der Waals surface area contributed by atoms with Gasteiger partial charge in [-0.25, -0.2) is 0 Å². The SMILES string of the molecule is CCO/C=C1\C(=O)NC(=O)c2ccc(OCCCc3ccccc3)cc21. The number of carbonyl (C=O) groups excluding carboxylic acids is 2. The number of hydrogen-bond acceptors (Lipinski definition) is 4. The number of aryl methyl sites for hydroxylation is 1. The molecule has 0 saturated heterocycles. The molecule has 0 spiro atoms. The Morgan fingerprint density at radius 3 is 2.58 bits per heavy atom. The summed E-state index contributed by atoms with van der Waals surface area (Å²) in [5.74, 6) is -0.242. The Hall–Kier alpha value is -3.08. The van der Waals surface area contributed by atoms with E-state index in [2.05, 4.69) is 17.4 Å². The predicted octanol–water partition coefficient (Wildman–Crippen LogP) is 3.35. The highest BCUT2D eigenvalue weighted by Gasteiger charge is 2.28. The third-order valence-corrected chi connectivity index (χ3v) is 4.09. The van der Waals surface area contributed by atoms with E-state index >= 15 is 0 Å². The van der Waals surface area contributed by atoms with Crippen LogP contribution in [0.1, 0.15) is 34.8 Å². The maximum absolute atomic E-state index is 12.1. The van der Waals surface area contributed by atoms with Gasteiger partial charge in [0.2, 0.25) is 0 Å². The summed E-state index contributed by atoms with van der Waals surface area (Å²) >= 11 is 0. The standard InChI is InChI=1S/C21H21NO4/c1-2-25-14-19-18-13-16(10-11-17(18)20(23)22-21(19)24)26-12-6-9-15-7-4-3-5-8-15/h3-5,7-8,10-11,13-14H,2,6,9,12H2,1H3,(H,22,23,24)/b19-14-. The van der Waals surface area contributed by atoms with Gasteiger partial charge in [0.05, 0.1) is 25.0 Å². The van der Waals surface area contributed by atoms with Crippen LogP contribution in [0.3, 0.4) is 0 Å². The van der Waals surface area contributed by atoms with Gasteiger partial charge in [0.1, 0.15) is 5.75 Å². The van der Waals surface area contributed by atoms with Crippen LogP contribution in [0.4, 0.5) is 0 Å². The van der Waals surface area contributed by atoms with Crippen LogP contribution < -0.4 is 10.1 Å². The van der Waals surface area contributed by atoms with Gasteiger partial charge >= 0.3 is 0 Å². The second-order valence-corrected chi connectivity index (χ2v) is 5.92. The number of fused-ring (bicyclic) bond motifs is 1. The molecule has 5 heteroatoms. The average Bonchev–Trinajstić information content (AvgIpc) is 2.66. The summed E-state index contributed by atoms with van der Waals surface area (Å²) in [5, 5.41) is 2.32. The first-order chi connectivity index (χ1) is 12.7. The number of imide groups is 1. The molecule has 0 fully saturated rings. The minimum absolute atomic E-state index is 0.330. The number of rotatable bonds is 7. The van der Waals surface area contributed by atoms with E-state index in [4.69, 9.17) is 9.47 Å². The van der Waals surface area contributed by atoms with Gasteiger partial charge in [0.15, 0.2) is 0 Å². The van der Waals surface area contributed by atoms with Crippen LogP contribution in [0.2, 0.25) is 0 Å². The zero-order valence-electron chi connectivity index (χ0n) is 14.7. The van der Waals surface area contributed by atoms with Gasteiger partial charge in [-0.05, 0) is 43.5 Å². The van der Waals surface area contributed by atoms with Crippen molar-refractivity contribution >= 4 is 17.4 Å². The number of amides is 2. The fourth-order valence-corrected chi connectivity index (χ4v) is 2.79. The molecule has 26 heavy (non-hydrogen) atoms. The van der Waals surface area contributed by atoms with Crippen LogP contribution in [-0.4, -0.2) is 25.0 Å². The van der Waals surface area contributed by atoms with E-state index in [0.717, 1.165) is 12.8 Å². The van der Waals surface area contributed by atoms with Crippen molar-refractivity contribution in [3.63, 3.8) is 0 Å². The van der Waals surface area contributed by atoms with Crippen molar-refractivity contribution in [3.8, 4) is 5.75 Å². The molecular weight excluding hydrogens is 330 g/mol. The molecule has 2 aromatic rings. The molecule has 0 saturated carbocycles. The molecule has 5 nitrogen and oxygen atoms in total. The van der Waals surface area contributed by atoms with Gasteiger partial charge in [-0.1, -0.05) is 30.3 Å². The van der Waals surface area contributed by atoms with Gasteiger partial charge in [0.25, 0.3) is 11.8 Å². The number of hydrogen-bond donors (Lipinski definition) is 1. The lowest BCUT2D eigenvalue weighted by atomic mass is 9.95. The van der Waals surface area contributed by atoms with Crippen molar-refractivity contribution in [2.75, 3.05) is 13.2 Å². The summed E-state index contributed by atoms with van der Waals surface area (Å²) in [4.78, 5) is 24.1. The zero-order chi connectivity index (χ0) is 18.4. The number of nitrogens with one attached hydrogen (secondary N) is 1. The summed E-state index contributed by atoms with van der Waals surface area (Å²) in [6.45, 7) is 2.82. The molecule has 1 N–H and O–H groups in total. The summed E-state index contributed by atoms with van der Waals surface area (Å²) in [6.07, 6.45) is 3.20. The topological polar surface area (TPSA) is 64.6 Å². The van der Waals surface area contributed by atoms with E-state index in [-0.39, 0.29) is 0 Å². The van der Waals surface area contributed by atoms with E-state index in [1.807, 2.05) is 25.1 Å². The second kappa shape index (κ2) is 8.34. The van der Waals surface area contributed by atoms with Crippen molar-refractivity contribution < 1.29 is 19.1 Å². The molecule has 1 aliphatic rings. The van der Waals surface area contributed by atoms with E-state index in [1.165, 1.54) is 11.8 Å². The van der Waals surface area contributed by atoms with Gasteiger partial charge in [-0.15, -0.1) is 0 Å². The molecule has 2 aromatic carbocycles. The van der Waals surface area contributed by atoms with Crippen LogP contribution >= 0.6 is 0 Å². The quantitative estimate of drug-likeness (QED) is 0.360. The van der Waals surface area contributed by atoms with E-state index < -0.39 is 11.8 Å². The Labute approximate surface area is 152 Å². The Morgan fingerprint density at radius 1 is 1.00 bits per heavy atom. The first kappa shape index (κ1) is 17.7. The van der Waals surface area contributed by atoms with Crippen LogP contribution in [0, 0.1) is 0 Å². The molecule has 0 aliphatic carbocycles. The Morgan fingerprint density at radius 2 is 1.81 bits per heavy atom. The maximum Gasteiger partial charge on any atom is 0.261 e. The molecule has 134 valence electrons. The number of ether oxygens (including phenoxy) is 2. The Bertz CT molecular complexity index is 827. The summed E-state index contributed by atoms with van der Waals surface area (Å²) in [5.41, 5.74) is 2.57.